The van der Waals surface area contributed by atoms with Crippen molar-refractivity contribution in [2.75, 3.05) is 19.7 Å². The molecule has 1 aliphatic heterocycles. The van der Waals surface area contributed by atoms with Gasteiger partial charge in [-0.2, -0.15) is 0 Å². The number of nitrogens with zero attached hydrogens (tertiary/aromatic N) is 1. The number of aliphatic carboxylic acids is 1. The average Bonchev–Trinajstić information content (AvgIpc) is 2.46. The van der Waals surface area contributed by atoms with Crippen molar-refractivity contribution in [1.29, 1.82) is 0 Å². The van der Waals surface area contributed by atoms with Crippen LogP contribution in [0.4, 0.5) is 0 Å². The Morgan fingerprint density at radius 1 is 1.43 bits per heavy atom. The summed E-state index contributed by atoms with van der Waals surface area (Å²) in [6.07, 6.45) is 1.83. The lowest BCUT2D eigenvalue weighted by Crippen LogP contribution is -2.76. The number of amides is 1. The number of nitrogens with two attached hydrogens (primary N) is 1. The molecule has 0 aromatic heterocycles. The molecule has 0 aromatic rings. The van der Waals surface area contributed by atoms with E-state index in [-0.39, 0.29) is 18.6 Å². The van der Waals surface area contributed by atoms with Crippen molar-refractivity contribution < 1.29 is 19.4 Å². The van der Waals surface area contributed by atoms with Crippen molar-refractivity contribution in [2.45, 2.75) is 51.7 Å². The largest absolute Gasteiger partial charge is 0.481 e. The fourth-order valence-electron chi connectivity index (χ4n) is 3.44. The fourth-order valence-corrected chi connectivity index (χ4v) is 3.44. The molecule has 1 aliphatic carbocycles. The third-order valence-electron chi connectivity index (χ3n) is 5.27. The van der Waals surface area contributed by atoms with Gasteiger partial charge in [-0.1, -0.05) is 13.8 Å². The third kappa shape index (κ3) is 2.55. The molecule has 3 atom stereocenters. The van der Waals surface area contributed by atoms with Crippen molar-refractivity contribution in [3.05, 3.63) is 0 Å². The Balaban J connectivity index is 2.08. The molecular weight excluding hydrogens is 272 g/mol. The first-order chi connectivity index (χ1) is 9.74. The van der Waals surface area contributed by atoms with Crippen molar-refractivity contribution in [3.63, 3.8) is 0 Å². The minimum Gasteiger partial charge on any atom is -0.481 e. The van der Waals surface area contributed by atoms with E-state index in [2.05, 4.69) is 0 Å². The van der Waals surface area contributed by atoms with E-state index >= 15 is 0 Å². The maximum atomic E-state index is 12.8. The van der Waals surface area contributed by atoms with Gasteiger partial charge < -0.3 is 20.5 Å². The lowest BCUT2D eigenvalue weighted by atomic mass is 9.54. The van der Waals surface area contributed by atoms with E-state index in [0.717, 1.165) is 0 Å². The number of likely N-dealkylation sites (tertiary alicyclic amines) is 1. The van der Waals surface area contributed by atoms with Gasteiger partial charge in [-0.25, -0.2) is 0 Å². The molecule has 1 saturated heterocycles. The van der Waals surface area contributed by atoms with Gasteiger partial charge in [-0.05, 0) is 19.8 Å². The van der Waals surface area contributed by atoms with Gasteiger partial charge in [0, 0.05) is 31.5 Å². The Bertz CT molecular complexity index is 437. The lowest BCUT2D eigenvalue weighted by Gasteiger charge is -2.59. The van der Waals surface area contributed by atoms with Gasteiger partial charge in [-0.3, -0.25) is 9.59 Å². The van der Waals surface area contributed by atoms with Crippen molar-refractivity contribution >= 4 is 11.9 Å². The molecule has 0 spiro atoms. The van der Waals surface area contributed by atoms with Gasteiger partial charge in [0.15, 0.2) is 0 Å². The molecule has 3 unspecified atom stereocenters. The summed E-state index contributed by atoms with van der Waals surface area (Å²) in [6, 6.07) is 0. The second-order valence-corrected chi connectivity index (χ2v) is 6.77. The molecule has 2 fully saturated rings. The monoisotopic (exact) mass is 298 g/mol. The number of hydrogen-bond donors (Lipinski definition) is 2. The molecule has 3 N–H and O–H groups in total. The van der Waals surface area contributed by atoms with Gasteiger partial charge in [-0.15, -0.1) is 0 Å². The molecule has 1 heterocycles. The van der Waals surface area contributed by atoms with Crippen LogP contribution in [-0.2, 0) is 14.3 Å². The van der Waals surface area contributed by atoms with Crippen LogP contribution in [0.1, 0.15) is 40.0 Å². The summed E-state index contributed by atoms with van der Waals surface area (Å²) in [6.45, 7) is 7.29. The first-order valence-corrected chi connectivity index (χ1v) is 7.66. The van der Waals surface area contributed by atoms with Crippen molar-refractivity contribution in [2.24, 2.45) is 17.1 Å². The number of ether oxygens (including phenoxy) is 1. The second-order valence-electron chi connectivity index (χ2n) is 6.77. The number of carboxylic acid groups (broad SMARTS) is 1. The van der Waals surface area contributed by atoms with E-state index in [1.165, 1.54) is 0 Å². The highest BCUT2D eigenvalue weighted by Gasteiger charge is 2.63. The molecule has 2 rings (SSSR count). The third-order valence-corrected chi connectivity index (χ3v) is 5.27. The second kappa shape index (κ2) is 5.57. The summed E-state index contributed by atoms with van der Waals surface area (Å²) in [5.74, 6) is -1.44. The van der Waals surface area contributed by atoms with Crippen LogP contribution >= 0.6 is 0 Å². The number of rotatable bonds is 4. The van der Waals surface area contributed by atoms with Gasteiger partial charge >= 0.3 is 5.97 Å². The van der Waals surface area contributed by atoms with Crippen LogP contribution in [-0.4, -0.2) is 53.2 Å². The number of carbonyl (C=O) groups is 2. The molecule has 1 saturated carbocycles. The van der Waals surface area contributed by atoms with Gasteiger partial charge in [0.05, 0.1) is 12.0 Å². The minimum atomic E-state index is -0.951. The predicted molar refractivity (Wildman–Crippen MR) is 77.7 cm³/mol. The molecule has 2 aliphatic rings. The molecule has 21 heavy (non-hydrogen) atoms. The maximum Gasteiger partial charge on any atom is 0.308 e. The average molecular weight is 298 g/mol. The Morgan fingerprint density at radius 3 is 2.62 bits per heavy atom. The zero-order valence-corrected chi connectivity index (χ0v) is 13.1. The van der Waals surface area contributed by atoms with Crippen LogP contribution in [0.3, 0.4) is 0 Å². The zero-order chi connectivity index (χ0) is 15.8. The molecule has 120 valence electrons. The van der Waals surface area contributed by atoms with E-state index in [9.17, 15) is 9.59 Å². The number of carbonyl (C=O) groups excluding carboxylic acids is 1. The van der Waals surface area contributed by atoms with Crippen molar-refractivity contribution in [1.82, 2.24) is 4.90 Å². The molecule has 0 radical (unpaired) electrons. The first kappa shape index (κ1) is 16.2. The first-order valence-electron chi connectivity index (χ1n) is 7.66. The van der Waals surface area contributed by atoms with Gasteiger partial charge in [0.1, 0.15) is 5.54 Å². The van der Waals surface area contributed by atoms with Gasteiger partial charge in [0.25, 0.3) is 0 Å². The fraction of sp³-hybridized carbons (Fsp3) is 0.867. The van der Waals surface area contributed by atoms with E-state index < -0.39 is 22.8 Å². The van der Waals surface area contributed by atoms with Gasteiger partial charge in [0.2, 0.25) is 5.91 Å². The highest BCUT2D eigenvalue weighted by Crippen LogP contribution is 2.50. The Kier molecular flexibility index (Phi) is 4.31. The minimum absolute atomic E-state index is 0.0171. The van der Waals surface area contributed by atoms with E-state index in [1.54, 1.807) is 4.90 Å². The SMILES string of the molecule is CCOC1CC(N)(C(=O)N2CCCC(C(=O)O)C2)C1(C)C. The van der Waals surface area contributed by atoms with Crippen LogP contribution in [0.25, 0.3) is 0 Å². The Morgan fingerprint density at radius 2 is 2.10 bits per heavy atom. The number of piperidine rings is 1. The van der Waals surface area contributed by atoms with Crippen LogP contribution in [0.5, 0.6) is 0 Å². The summed E-state index contributed by atoms with van der Waals surface area (Å²) < 4.78 is 5.64. The summed E-state index contributed by atoms with van der Waals surface area (Å²) in [5.41, 5.74) is 4.99. The summed E-state index contributed by atoms with van der Waals surface area (Å²) in [5, 5.41) is 9.14. The number of hydrogen-bond acceptors (Lipinski definition) is 4. The van der Waals surface area contributed by atoms with Crippen LogP contribution in [0.2, 0.25) is 0 Å². The number of carboxylic acids is 1. The molecule has 6 nitrogen and oxygen atoms in total. The van der Waals surface area contributed by atoms with Crippen LogP contribution in [0, 0.1) is 11.3 Å². The normalized spacial score (nSPS) is 35.1. The quantitative estimate of drug-likeness (QED) is 0.802. The Labute approximate surface area is 125 Å². The molecule has 6 heteroatoms. The maximum absolute atomic E-state index is 12.8. The Hall–Kier alpha value is -1.14. The predicted octanol–water partition coefficient (Wildman–Crippen LogP) is 0.842. The van der Waals surface area contributed by atoms with Crippen molar-refractivity contribution in [3.8, 4) is 0 Å². The van der Waals surface area contributed by atoms with E-state index in [1.807, 2.05) is 20.8 Å². The van der Waals surface area contributed by atoms with Crippen LogP contribution in [0.15, 0.2) is 0 Å². The lowest BCUT2D eigenvalue weighted by molar-refractivity contribution is -0.181. The molecular formula is C15H26N2O4. The molecule has 1 amide bonds. The standard InChI is InChI=1S/C15H26N2O4/c1-4-21-11-8-15(16,14(11,2)3)13(20)17-7-5-6-10(9-17)12(18)19/h10-11H,4-9,16H2,1-3H3,(H,18,19). The van der Waals surface area contributed by atoms with E-state index in [4.69, 9.17) is 15.6 Å². The summed E-state index contributed by atoms with van der Waals surface area (Å²) in [4.78, 5) is 25.6. The molecule has 0 aromatic carbocycles. The zero-order valence-electron chi connectivity index (χ0n) is 13.1. The smallest absolute Gasteiger partial charge is 0.308 e. The molecule has 0 bridgehead atoms. The van der Waals surface area contributed by atoms with E-state index in [0.29, 0.717) is 32.4 Å². The highest BCUT2D eigenvalue weighted by atomic mass is 16.5. The van der Waals surface area contributed by atoms with Crippen LogP contribution < -0.4 is 5.73 Å². The summed E-state index contributed by atoms with van der Waals surface area (Å²) in [7, 11) is 0. The summed E-state index contributed by atoms with van der Waals surface area (Å²) >= 11 is 0. The highest BCUT2D eigenvalue weighted by molar-refractivity contribution is 5.89. The topological polar surface area (TPSA) is 92.9 Å².